The van der Waals surface area contributed by atoms with Gasteiger partial charge in [0.1, 0.15) is 12.3 Å². The predicted molar refractivity (Wildman–Crippen MR) is 155 cm³/mol. The van der Waals surface area contributed by atoms with E-state index in [0.29, 0.717) is 21.5 Å². The Morgan fingerprint density at radius 2 is 1.82 bits per heavy atom. The van der Waals surface area contributed by atoms with Crippen LogP contribution in [0.3, 0.4) is 0 Å². The number of methoxy groups -OCH3 is 1. The molecule has 0 saturated carbocycles. The number of halogens is 2. The van der Waals surface area contributed by atoms with Gasteiger partial charge in [-0.15, -0.1) is 0 Å². The van der Waals surface area contributed by atoms with Gasteiger partial charge in [-0.3, -0.25) is 9.10 Å². The number of para-hydroxylation sites is 1. The summed E-state index contributed by atoms with van der Waals surface area (Å²) in [6.45, 7) is 3.20. The van der Waals surface area contributed by atoms with E-state index >= 15 is 0 Å². The van der Waals surface area contributed by atoms with Crippen LogP contribution in [-0.2, 0) is 14.8 Å². The minimum Gasteiger partial charge on any atom is -0.496 e. The molecule has 0 bridgehead atoms. The first-order valence-corrected chi connectivity index (χ1v) is 14.3. The van der Waals surface area contributed by atoms with Crippen molar-refractivity contribution in [2.45, 2.75) is 18.7 Å². The largest absolute Gasteiger partial charge is 0.496 e. The molecule has 9 nitrogen and oxygen atoms in total. The van der Waals surface area contributed by atoms with Gasteiger partial charge in [0.05, 0.1) is 45.3 Å². The van der Waals surface area contributed by atoms with Gasteiger partial charge in [0, 0.05) is 0 Å². The fraction of sp³-hybridized carbons (Fsp3) is 0.148. The van der Waals surface area contributed by atoms with E-state index in [1.807, 2.05) is 44.2 Å². The highest BCUT2D eigenvalue weighted by Gasteiger charge is 2.28. The smallest absolute Gasteiger partial charge is 0.264 e. The molecular weight excluding hydrogens is 606 g/mol. The van der Waals surface area contributed by atoms with Crippen LogP contribution in [0.4, 0.5) is 5.69 Å². The molecule has 202 valence electrons. The summed E-state index contributed by atoms with van der Waals surface area (Å²) in [5, 5.41) is 8.56. The molecule has 1 heterocycles. The number of hydrazone groups is 1. The minimum absolute atomic E-state index is 0.0113. The zero-order valence-corrected chi connectivity index (χ0v) is 24.5. The Morgan fingerprint density at radius 3 is 2.46 bits per heavy atom. The number of aromatic nitrogens is 2. The fourth-order valence-electron chi connectivity index (χ4n) is 3.74. The third-order valence-electron chi connectivity index (χ3n) is 5.82. The van der Waals surface area contributed by atoms with E-state index in [1.54, 1.807) is 28.9 Å². The van der Waals surface area contributed by atoms with Crippen LogP contribution in [0, 0.1) is 13.8 Å². The first-order valence-electron chi connectivity index (χ1n) is 11.7. The molecule has 0 fully saturated rings. The maximum Gasteiger partial charge on any atom is 0.264 e. The van der Waals surface area contributed by atoms with Gasteiger partial charge < -0.3 is 4.74 Å². The van der Waals surface area contributed by atoms with Crippen LogP contribution in [-0.4, -0.2) is 44.0 Å². The maximum absolute atomic E-state index is 13.6. The van der Waals surface area contributed by atoms with Crippen molar-refractivity contribution in [3.05, 3.63) is 99.2 Å². The van der Waals surface area contributed by atoms with Gasteiger partial charge in [0.2, 0.25) is 0 Å². The van der Waals surface area contributed by atoms with Crippen molar-refractivity contribution in [3.63, 3.8) is 0 Å². The minimum atomic E-state index is -4.13. The van der Waals surface area contributed by atoms with Crippen molar-refractivity contribution in [1.82, 2.24) is 15.2 Å². The van der Waals surface area contributed by atoms with Gasteiger partial charge in [-0.25, -0.2) is 18.5 Å². The highest BCUT2D eigenvalue weighted by molar-refractivity contribution is 9.10. The molecule has 0 spiro atoms. The van der Waals surface area contributed by atoms with Gasteiger partial charge in [0.25, 0.3) is 15.9 Å². The average Bonchev–Trinajstić information content (AvgIpc) is 3.21. The third-order valence-corrected chi connectivity index (χ3v) is 8.49. The van der Waals surface area contributed by atoms with E-state index in [2.05, 4.69) is 31.6 Å². The number of sulfonamides is 1. The summed E-state index contributed by atoms with van der Waals surface area (Å²) >= 11 is 9.64. The summed E-state index contributed by atoms with van der Waals surface area (Å²) in [6, 6.07) is 20.7. The number of nitrogens with one attached hydrogen (secondary N) is 1. The molecule has 0 aliphatic carbocycles. The Morgan fingerprint density at radius 1 is 1.13 bits per heavy atom. The lowest BCUT2D eigenvalue weighted by Gasteiger charge is -2.24. The standard InChI is InChI=1S/C27H25BrClN5O4S/c1-18-9-11-20(12-10-18)33(39(36,37)22-13-14-25(38-3)24(28)15-22)17-26(35)31-30-16-23-19(2)34(32-27(23)29)21-7-5-4-6-8-21/h4-16H,17H2,1-3H3,(H,31,35)/b30-16-. The van der Waals surface area contributed by atoms with Crippen molar-refractivity contribution in [2.24, 2.45) is 5.10 Å². The summed E-state index contributed by atoms with van der Waals surface area (Å²) < 4.78 is 35.7. The van der Waals surface area contributed by atoms with E-state index in [0.717, 1.165) is 21.2 Å². The second-order valence-corrected chi connectivity index (χ2v) is 11.5. The van der Waals surface area contributed by atoms with Gasteiger partial charge >= 0.3 is 0 Å². The van der Waals surface area contributed by atoms with Crippen LogP contribution in [0.1, 0.15) is 16.8 Å². The molecule has 12 heteroatoms. The summed E-state index contributed by atoms with van der Waals surface area (Å²) in [5.74, 6) is -0.167. The Bertz CT molecular complexity index is 1620. The lowest BCUT2D eigenvalue weighted by molar-refractivity contribution is -0.119. The van der Waals surface area contributed by atoms with Crippen LogP contribution in [0.2, 0.25) is 5.15 Å². The molecule has 0 aliphatic heterocycles. The average molecular weight is 631 g/mol. The number of amides is 1. The number of rotatable bonds is 9. The molecule has 4 rings (SSSR count). The van der Waals surface area contributed by atoms with Crippen molar-refractivity contribution < 1.29 is 17.9 Å². The zero-order chi connectivity index (χ0) is 28.2. The van der Waals surface area contributed by atoms with Crippen LogP contribution in [0.25, 0.3) is 5.69 Å². The molecule has 1 aromatic heterocycles. The highest BCUT2D eigenvalue weighted by atomic mass is 79.9. The topological polar surface area (TPSA) is 106 Å². The highest BCUT2D eigenvalue weighted by Crippen LogP contribution is 2.31. The van der Waals surface area contributed by atoms with Crippen molar-refractivity contribution >= 4 is 55.4 Å². The molecule has 3 aromatic carbocycles. The quantitative estimate of drug-likeness (QED) is 0.201. The van der Waals surface area contributed by atoms with Gasteiger partial charge in [-0.1, -0.05) is 47.5 Å². The first kappa shape index (κ1) is 28.3. The number of benzene rings is 3. The van der Waals surface area contributed by atoms with Crippen molar-refractivity contribution in [2.75, 3.05) is 18.0 Å². The number of aryl methyl sites for hydroxylation is 1. The summed E-state index contributed by atoms with van der Waals surface area (Å²) in [5.41, 5.74) is 5.74. The van der Waals surface area contributed by atoms with Crippen LogP contribution in [0.15, 0.2) is 87.3 Å². The van der Waals surface area contributed by atoms with Gasteiger partial charge in [-0.2, -0.15) is 10.2 Å². The summed E-state index contributed by atoms with van der Waals surface area (Å²) in [6.07, 6.45) is 1.38. The molecular formula is C27H25BrClN5O4S. The van der Waals surface area contributed by atoms with E-state index in [-0.39, 0.29) is 10.0 Å². The van der Waals surface area contributed by atoms with Crippen molar-refractivity contribution in [3.8, 4) is 11.4 Å². The number of anilines is 1. The zero-order valence-electron chi connectivity index (χ0n) is 21.3. The SMILES string of the molecule is COc1ccc(S(=O)(=O)N(CC(=O)N/N=C\c2c(Cl)nn(-c3ccccc3)c2C)c2ccc(C)cc2)cc1Br. The fourth-order valence-corrected chi connectivity index (χ4v) is 6.14. The Kier molecular flexibility index (Phi) is 8.73. The lowest BCUT2D eigenvalue weighted by Crippen LogP contribution is -2.39. The van der Waals surface area contributed by atoms with Crippen LogP contribution in [0.5, 0.6) is 5.75 Å². The van der Waals surface area contributed by atoms with Gasteiger partial charge in [0.15, 0.2) is 5.15 Å². The maximum atomic E-state index is 13.6. The summed E-state index contributed by atoms with van der Waals surface area (Å²) in [4.78, 5) is 12.9. The second kappa shape index (κ2) is 12.0. The van der Waals surface area contributed by atoms with E-state index in [1.165, 1.54) is 31.5 Å². The normalized spacial score (nSPS) is 11.5. The first-order chi connectivity index (χ1) is 18.6. The molecule has 0 atom stereocenters. The molecule has 0 radical (unpaired) electrons. The monoisotopic (exact) mass is 629 g/mol. The van der Waals surface area contributed by atoms with E-state index in [4.69, 9.17) is 16.3 Å². The van der Waals surface area contributed by atoms with Gasteiger partial charge in [-0.05, 0) is 72.2 Å². The van der Waals surface area contributed by atoms with Crippen LogP contribution >= 0.6 is 27.5 Å². The second-order valence-electron chi connectivity index (χ2n) is 8.47. The van der Waals surface area contributed by atoms with E-state index in [9.17, 15) is 13.2 Å². The Labute approximate surface area is 240 Å². The van der Waals surface area contributed by atoms with E-state index < -0.39 is 22.5 Å². The molecule has 1 N–H and O–H groups in total. The molecule has 39 heavy (non-hydrogen) atoms. The number of carbonyl (C=O) groups excluding carboxylic acids is 1. The number of nitrogens with zero attached hydrogens (tertiary/aromatic N) is 4. The third kappa shape index (κ3) is 6.32. The lowest BCUT2D eigenvalue weighted by atomic mass is 10.2. The molecule has 1 amide bonds. The molecule has 0 unspecified atom stereocenters. The number of hydrogen-bond donors (Lipinski definition) is 1. The number of carbonyl (C=O) groups is 1. The number of ether oxygens (including phenoxy) is 1. The van der Waals surface area contributed by atoms with Crippen molar-refractivity contribution in [1.29, 1.82) is 0 Å². The Balaban J connectivity index is 1.57. The Hall–Kier alpha value is -3.67. The predicted octanol–water partition coefficient (Wildman–Crippen LogP) is 5.26. The molecule has 0 aliphatic rings. The van der Waals surface area contributed by atoms with Crippen LogP contribution < -0.4 is 14.5 Å². The molecule has 4 aromatic rings. The molecule has 0 saturated heterocycles. The number of hydrogen-bond acceptors (Lipinski definition) is 6. The summed E-state index contributed by atoms with van der Waals surface area (Å²) in [7, 11) is -2.64.